The van der Waals surface area contributed by atoms with E-state index in [0.29, 0.717) is 11.4 Å². The summed E-state index contributed by atoms with van der Waals surface area (Å²) >= 11 is 0. The Morgan fingerprint density at radius 3 is 2.75 bits per heavy atom. The van der Waals surface area contributed by atoms with Crippen molar-refractivity contribution in [3.8, 4) is 0 Å². The van der Waals surface area contributed by atoms with Gasteiger partial charge in [-0.05, 0) is 19.1 Å². The Bertz CT molecular complexity index is 577. The summed E-state index contributed by atoms with van der Waals surface area (Å²) < 4.78 is 26.2. The largest absolute Gasteiger partial charge is 0.281 e. The van der Waals surface area contributed by atoms with Crippen molar-refractivity contribution >= 4 is 15.7 Å². The van der Waals surface area contributed by atoms with Crippen molar-refractivity contribution in [2.75, 3.05) is 4.72 Å². The maximum absolute atomic E-state index is 11.9. The summed E-state index contributed by atoms with van der Waals surface area (Å²) in [6, 6.07) is 3.28. The molecule has 84 valence electrons. The van der Waals surface area contributed by atoms with Crippen LogP contribution in [0.4, 0.5) is 5.69 Å². The van der Waals surface area contributed by atoms with Gasteiger partial charge in [0.15, 0.2) is 0 Å². The number of nitrogens with one attached hydrogen (secondary N) is 2. The molecule has 2 N–H and O–H groups in total. The van der Waals surface area contributed by atoms with Gasteiger partial charge in [-0.25, -0.2) is 8.42 Å². The number of H-pyrrole nitrogens is 1. The molecule has 0 spiro atoms. The van der Waals surface area contributed by atoms with Crippen LogP contribution >= 0.6 is 0 Å². The van der Waals surface area contributed by atoms with E-state index in [-0.39, 0.29) is 4.90 Å². The predicted molar refractivity (Wildman–Crippen MR) is 58.4 cm³/mol. The van der Waals surface area contributed by atoms with Crippen LogP contribution < -0.4 is 4.72 Å². The third-order valence-corrected chi connectivity index (χ3v) is 3.48. The number of aryl methyl sites for hydroxylation is 1. The summed E-state index contributed by atoms with van der Waals surface area (Å²) in [6.45, 7) is 1.64. The van der Waals surface area contributed by atoms with E-state index in [4.69, 9.17) is 0 Å². The highest BCUT2D eigenvalue weighted by Crippen LogP contribution is 2.16. The Morgan fingerprint density at radius 2 is 2.19 bits per heavy atom. The summed E-state index contributed by atoms with van der Waals surface area (Å²) in [5.41, 5.74) is 0.916. The molecule has 6 nitrogen and oxygen atoms in total. The van der Waals surface area contributed by atoms with Gasteiger partial charge in [0, 0.05) is 6.20 Å². The number of sulfonamides is 1. The molecular formula is C9H10N4O2S. The highest BCUT2D eigenvalue weighted by molar-refractivity contribution is 7.92. The number of anilines is 1. The van der Waals surface area contributed by atoms with Crippen molar-refractivity contribution in [3.05, 3.63) is 36.4 Å². The van der Waals surface area contributed by atoms with Crippen LogP contribution in [0.25, 0.3) is 0 Å². The Hall–Kier alpha value is -1.89. The molecule has 0 saturated carbocycles. The molecule has 0 fully saturated rings. The number of nitrogens with zero attached hydrogens (tertiary/aromatic N) is 2. The summed E-state index contributed by atoms with van der Waals surface area (Å²) in [5, 5.41) is 6.25. The van der Waals surface area contributed by atoms with Crippen molar-refractivity contribution in [3.63, 3.8) is 0 Å². The summed E-state index contributed by atoms with van der Waals surface area (Å²) in [5.74, 6) is 0. The van der Waals surface area contributed by atoms with E-state index < -0.39 is 10.0 Å². The van der Waals surface area contributed by atoms with Gasteiger partial charge >= 0.3 is 0 Å². The van der Waals surface area contributed by atoms with Gasteiger partial charge in [-0.1, -0.05) is 0 Å². The SMILES string of the molecule is Cc1[nH]ncc1S(=O)(=O)Nc1cccnc1. The monoisotopic (exact) mass is 238 g/mol. The van der Waals surface area contributed by atoms with Gasteiger partial charge in [-0.15, -0.1) is 0 Å². The van der Waals surface area contributed by atoms with Crippen molar-refractivity contribution in [2.24, 2.45) is 0 Å². The Balaban J connectivity index is 2.32. The first-order valence-corrected chi connectivity index (χ1v) is 6.01. The van der Waals surface area contributed by atoms with E-state index in [0.717, 1.165) is 0 Å². The van der Waals surface area contributed by atoms with Crippen LogP contribution in [-0.4, -0.2) is 23.6 Å². The van der Waals surface area contributed by atoms with Crippen LogP contribution in [-0.2, 0) is 10.0 Å². The summed E-state index contributed by atoms with van der Waals surface area (Å²) in [6.07, 6.45) is 4.28. The minimum absolute atomic E-state index is 0.136. The second-order valence-electron chi connectivity index (χ2n) is 3.21. The zero-order valence-corrected chi connectivity index (χ0v) is 9.32. The van der Waals surface area contributed by atoms with Crippen molar-refractivity contribution < 1.29 is 8.42 Å². The molecular weight excluding hydrogens is 228 g/mol. The lowest BCUT2D eigenvalue weighted by atomic mass is 10.4. The molecule has 0 unspecified atom stereocenters. The first kappa shape index (κ1) is 10.6. The van der Waals surface area contributed by atoms with Crippen molar-refractivity contribution in [2.45, 2.75) is 11.8 Å². The maximum atomic E-state index is 11.9. The third kappa shape index (κ3) is 2.03. The lowest BCUT2D eigenvalue weighted by Gasteiger charge is -2.05. The van der Waals surface area contributed by atoms with Crippen LogP contribution in [0.1, 0.15) is 5.69 Å². The van der Waals surface area contributed by atoms with Crippen LogP contribution in [0, 0.1) is 6.92 Å². The second kappa shape index (κ2) is 3.93. The molecule has 2 heterocycles. The normalized spacial score (nSPS) is 11.3. The Labute approximate surface area is 92.8 Å². The fraction of sp³-hybridized carbons (Fsp3) is 0.111. The smallest absolute Gasteiger partial charge is 0.265 e. The Kier molecular flexibility index (Phi) is 2.61. The van der Waals surface area contributed by atoms with Crippen molar-refractivity contribution in [1.82, 2.24) is 15.2 Å². The van der Waals surface area contributed by atoms with E-state index in [2.05, 4.69) is 19.9 Å². The summed E-state index contributed by atoms with van der Waals surface area (Å²) in [7, 11) is -3.58. The van der Waals surface area contributed by atoms with Crippen molar-refractivity contribution in [1.29, 1.82) is 0 Å². The second-order valence-corrected chi connectivity index (χ2v) is 4.86. The molecule has 0 amide bonds. The van der Waals surface area contributed by atoms with Gasteiger partial charge in [0.25, 0.3) is 10.0 Å². The molecule has 2 aromatic heterocycles. The number of hydrogen-bond acceptors (Lipinski definition) is 4. The van der Waals surface area contributed by atoms with Crippen LogP contribution in [0.2, 0.25) is 0 Å². The van der Waals surface area contributed by atoms with E-state index >= 15 is 0 Å². The number of aromatic amines is 1. The van der Waals surface area contributed by atoms with Gasteiger partial charge in [0.05, 0.1) is 23.8 Å². The third-order valence-electron chi connectivity index (χ3n) is 1.99. The van der Waals surface area contributed by atoms with Gasteiger partial charge in [-0.2, -0.15) is 5.10 Å². The fourth-order valence-corrected chi connectivity index (χ4v) is 2.43. The Morgan fingerprint density at radius 1 is 1.38 bits per heavy atom. The lowest BCUT2D eigenvalue weighted by molar-refractivity contribution is 0.600. The average molecular weight is 238 g/mol. The predicted octanol–water partition coefficient (Wildman–Crippen LogP) is 0.914. The van der Waals surface area contributed by atoms with Gasteiger partial charge in [0.1, 0.15) is 4.90 Å². The molecule has 16 heavy (non-hydrogen) atoms. The van der Waals surface area contributed by atoms with Gasteiger partial charge < -0.3 is 0 Å². The molecule has 0 aliphatic heterocycles. The molecule has 0 aliphatic carbocycles. The van der Waals surface area contributed by atoms with Crippen LogP contribution in [0.5, 0.6) is 0 Å². The number of rotatable bonds is 3. The van der Waals surface area contributed by atoms with E-state index in [1.807, 2.05) is 0 Å². The molecule has 0 radical (unpaired) electrons. The lowest BCUT2D eigenvalue weighted by Crippen LogP contribution is -2.13. The highest BCUT2D eigenvalue weighted by Gasteiger charge is 2.18. The van der Waals surface area contributed by atoms with E-state index in [1.165, 1.54) is 12.4 Å². The molecule has 0 bridgehead atoms. The standard InChI is InChI=1S/C9H10N4O2S/c1-7-9(6-11-12-7)16(14,15)13-8-3-2-4-10-5-8/h2-6,13H,1H3,(H,11,12). The first-order valence-electron chi connectivity index (χ1n) is 4.52. The first-order chi connectivity index (χ1) is 7.59. The minimum Gasteiger partial charge on any atom is -0.281 e. The zero-order valence-electron chi connectivity index (χ0n) is 8.51. The number of pyridine rings is 1. The van der Waals surface area contributed by atoms with E-state index in [1.54, 1.807) is 25.3 Å². The molecule has 7 heteroatoms. The fourth-order valence-electron chi connectivity index (χ4n) is 1.24. The minimum atomic E-state index is -3.58. The molecule has 0 atom stereocenters. The zero-order chi connectivity index (χ0) is 11.6. The number of aromatic nitrogens is 3. The summed E-state index contributed by atoms with van der Waals surface area (Å²) in [4.78, 5) is 3.96. The number of hydrogen-bond donors (Lipinski definition) is 2. The van der Waals surface area contributed by atoms with E-state index in [9.17, 15) is 8.42 Å². The molecule has 0 aliphatic rings. The van der Waals surface area contributed by atoms with Gasteiger partial charge in [0.2, 0.25) is 0 Å². The quantitative estimate of drug-likeness (QED) is 0.832. The molecule has 0 aromatic carbocycles. The molecule has 0 saturated heterocycles. The van der Waals surface area contributed by atoms with Crippen LogP contribution in [0.3, 0.4) is 0 Å². The maximum Gasteiger partial charge on any atom is 0.265 e. The molecule has 2 rings (SSSR count). The highest BCUT2D eigenvalue weighted by atomic mass is 32.2. The topological polar surface area (TPSA) is 87.7 Å². The van der Waals surface area contributed by atoms with Crippen LogP contribution in [0.15, 0.2) is 35.6 Å². The average Bonchev–Trinajstić information content (AvgIpc) is 2.66. The molecule has 2 aromatic rings. The van der Waals surface area contributed by atoms with Gasteiger partial charge in [-0.3, -0.25) is 14.8 Å².